The molecule has 0 aromatic rings. The van der Waals surface area contributed by atoms with E-state index in [0.29, 0.717) is 0 Å². The van der Waals surface area contributed by atoms with Crippen molar-refractivity contribution < 1.29 is 51.4 Å². The SMILES string of the molecule is N[CH-]C(N)I.[K+]. The van der Waals surface area contributed by atoms with Gasteiger partial charge in [-0.15, -0.1) is 22.6 Å². The average molecular weight is 224 g/mol. The smallest absolute Gasteiger partial charge is 0.481 e. The maximum Gasteiger partial charge on any atom is 1.00 e. The normalized spacial score (nSPS) is 12.5. The van der Waals surface area contributed by atoms with Crippen LogP contribution in [0.15, 0.2) is 0 Å². The summed E-state index contributed by atoms with van der Waals surface area (Å²) >= 11 is 2.00. The zero-order chi connectivity index (χ0) is 4.28. The number of halogens is 1. The van der Waals surface area contributed by atoms with Crippen molar-refractivity contribution >= 4 is 22.6 Å². The van der Waals surface area contributed by atoms with Gasteiger partial charge in [0.2, 0.25) is 0 Å². The van der Waals surface area contributed by atoms with E-state index in [-0.39, 0.29) is 55.4 Å². The molecule has 6 heavy (non-hydrogen) atoms. The molecule has 4 N–H and O–H groups in total. The molecule has 0 saturated heterocycles. The maximum atomic E-state index is 5.10. The Morgan fingerprint density at radius 3 is 1.83 bits per heavy atom. The predicted octanol–water partition coefficient (Wildman–Crippen LogP) is -3.17. The molecule has 0 radical (unpaired) electrons. The molecule has 0 rings (SSSR count). The summed E-state index contributed by atoms with van der Waals surface area (Å²) < 4.78 is 0.00704. The van der Waals surface area contributed by atoms with E-state index in [1.807, 2.05) is 22.6 Å². The van der Waals surface area contributed by atoms with Gasteiger partial charge >= 0.3 is 51.4 Å². The van der Waals surface area contributed by atoms with Gasteiger partial charge in [0.25, 0.3) is 0 Å². The van der Waals surface area contributed by atoms with E-state index in [1.165, 1.54) is 6.54 Å². The van der Waals surface area contributed by atoms with Crippen molar-refractivity contribution in [2.75, 3.05) is 0 Å². The fraction of sp³-hybridized carbons (Fsp3) is 0.500. The second-order valence-electron chi connectivity index (χ2n) is 0.637. The zero-order valence-corrected chi connectivity index (χ0v) is 8.97. The van der Waals surface area contributed by atoms with Crippen LogP contribution >= 0.6 is 22.6 Å². The Bertz CT molecular complexity index is 25.5. The van der Waals surface area contributed by atoms with Crippen LogP contribution in [0.2, 0.25) is 0 Å². The molecule has 0 amide bonds. The molecule has 0 aliphatic heterocycles. The van der Waals surface area contributed by atoms with E-state index in [1.54, 1.807) is 0 Å². The number of nitrogens with two attached hydrogens (primary N) is 2. The van der Waals surface area contributed by atoms with Crippen molar-refractivity contribution in [2.45, 2.75) is 4.05 Å². The molecule has 0 saturated carbocycles. The van der Waals surface area contributed by atoms with Crippen molar-refractivity contribution in [3.63, 3.8) is 0 Å². The first-order chi connectivity index (χ1) is 2.27. The molecule has 1 atom stereocenters. The minimum atomic E-state index is 0. The summed E-state index contributed by atoms with van der Waals surface area (Å²) in [6.07, 6.45) is 0. The van der Waals surface area contributed by atoms with Gasteiger partial charge in [0.05, 0.1) is 0 Å². The van der Waals surface area contributed by atoms with E-state index in [2.05, 4.69) is 0 Å². The molecular weight excluding hydrogens is 218 g/mol. The minimum Gasteiger partial charge on any atom is -0.481 e. The fourth-order valence-electron chi connectivity index (χ4n) is 0. The molecule has 4 heteroatoms. The van der Waals surface area contributed by atoms with Crippen molar-refractivity contribution in [1.82, 2.24) is 0 Å². The summed E-state index contributed by atoms with van der Waals surface area (Å²) in [7, 11) is 0. The van der Waals surface area contributed by atoms with Gasteiger partial charge in [0.1, 0.15) is 0 Å². The van der Waals surface area contributed by atoms with E-state index >= 15 is 0 Å². The van der Waals surface area contributed by atoms with Crippen LogP contribution in [-0.4, -0.2) is 4.05 Å². The van der Waals surface area contributed by atoms with Gasteiger partial charge in [0, 0.05) is 0 Å². The molecule has 0 aromatic heterocycles. The number of rotatable bonds is 1. The quantitative estimate of drug-likeness (QED) is 0.162. The maximum absolute atomic E-state index is 5.10. The summed E-state index contributed by atoms with van der Waals surface area (Å²) in [5.74, 6) is 0. The Morgan fingerprint density at radius 2 is 1.83 bits per heavy atom. The van der Waals surface area contributed by atoms with Gasteiger partial charge in [-0.1, -0.05) is 4.05 Å². The standard InChI is InChI=1S/C2H6IN2.K/c3-2(5)1-4;/h1-2H,4-5H2;/q-1;+1. The van der Waals surface area contributed by atoms with Crippen molar-refractivity contribution in [2.24, 2.45) is 11.5 Å². The molecule has 0 aromatic carbocycles. The zero-order valence-electron chi connectivity index (χ0n) is 3.69. The van der Waals surface area contributed by atoms with Crippen LogP contribution < -0.4 is 62.9 Å². The van der Waals surface area contributed by atoms with Crippen LogP contribution in [0.3, 0.4) is 0 Å². The third kappa shape index (κ3) is 9.56. The van der Waals surface area contributed by atoms with Crippen molar-refractivity contribution in [1.29, 1.82) is 0 Å². The largest absolute Gasteiger partial charge is 1.00 e. The van der Waals surface area contributed by atoms with E-state index in [4.69, 9.17) is 11.5 Å². The molecule has 0 heterocycles. The Hall–Kier alpha value is 2.29. The van der Waals surface area contributed by atoms with E-state index in [0.717, 1.165) is 0 Å². The summed E-state index contributed by atoms with van der Waals surface area (Å²) in [6, 6.07) is 0. The average Bonchev–Trinajstić information content (AvgIpc) is 1.38. The summed E-state index contributed by atoms with van der Waals surface area (Å²) in [4.78, 5) is 0. The third-order valence-electron chi connectivity index (χ3n) is 0.184. The van der Waals surface area contributed by atoms with Gasteiger partial charge < -0.3 is 11.5 Å². The molecular formula is C2H6IKN2. The first-order valence-corrected chi connectivity index (χ1v) is 2.46. The Balaban J connectivity index is 0. The first-order valence-electron chi connectivity index (χ1n) is 1.22. The minimum absolute atomic E-state index is 0. The monoisotopic (exact) mass is 224 g/mol. The number of hydrogen-bond acceptors (Lipinski definition) is 2. The molecule has 0 aliphatic rings. The first kappa shape index (κ1) is 11.1. The third-order valence-corrected chi connectivity index (χ3v) is 0.599. The molecule has 0 bridgehead atoms. The van der Waals surface area contributed by atoms with Crippen LogP contribution in [0.1, 0.15) is 0 Å². The van der Waals surface area contributed by atoms with Crippen molar-refractivity contribution in [3.05, 3.63) is 6.54 Å². The van der Waals surface area contributed by atoms with Gasteiger partial charge in [-0.2, -0.15) is 0 Å². The van der Waals surface area contributed by atoms with Crippen LogP contribution in [0.5, 0.6) is 0 Å². The Morgan fingerprint density at radius 1 is 1.67 bits per heavy atom. The summed E-state index contributed by atoms with van der Waals surface area (Å²) in [5.41, 5.74) is 10.0. The topological polar surface area (TPSA) is 52.0 Å². The second kappa shape index (κ2) is 7.29. The van der Waals surface area contributed by atoms with Gasteiger partial charge in [-0.05, 0) is 0 Å². The van der Waals surface area contributed by atoms with E-state index in [9.17, 15) is 0 Å². The molecule has 2 nitrogen and oxygen atoms in total. The second-order valence-corrected chi connectivity index (χ2v) is 2.08. The number of alkyl halides is 1. The summed E-state index contributed by atoms with van der Waals surface area (Å²) in [5, 5.41) is 0. The van der Waals surface area contributed by atoms with Crippen LogP contribution in [0.4, 0.5) is 0 Å². The van der Waals surface area contributed by atoms with Crippen LogP contribution in [0, 0.1) is 6.54 Å². The molecule has 32 valence electrons. The van der Waals surface area contributed by atoms with Gasteiger partial charge in [-0.3, -0.25) is 0 Å². The molecule has 0 spiro atoms. The van der Waals surface area contributed by atoms with E-state index < -0.39 is 0 Å². The van der Waals surface area contributed by atoms with Crippen LogP contribution in [-0.2, 0) is 0 Å². The van der Waals surface area contributed by atoms with Gasteiger partial charge in [0.15, 0.2) is 0 Å². The predicted molar refractivity (Wildman–Crippen MR) is 30.5 cm³/mol. The molecule has 0 fully saturated rings. The number of hydrogen-bond donors (Lipinski definition) is 2. The van der Waals surface area contributed by atoms with Crippen molar-refractivity contribution in [3.8, 4) is 0 Å². The van der Waals surface area contributed by atoms with Crippen LogP contribution in [0.25, 0.3) is 0 Å². The fourth-order valence-corrected chi connectivity index (χ4v) is 0. The summed E-state index contributed by atoms with van der Waals surface area (Å²) in [6.45, 7) is 1.43. The molecule has 1 unspecified atom stereocenters. The molecule has 0 aliphatic carbocycles. The Labute approximate surface area is 94.0 Å². The Kier molecular flexibility index (Phi) is 13.5. The van der Waals surface area contributed by atoms with Gasteiger partial charge in [-0.25, -0.2) is 6.54 Å².